The summed E-state index contributed by atoms with van der Waals surface area (Å²) in [6.07, 6.45) is -0.755. The van der Waals surface area contributed by atoms with E-state index in [0.29, 0.717) is 10.9 Å². The first-order valence-corrected chi connectivity index (χ1v) is 9.86. The molecule has 0 spiro atoms. The van der Waals surface area contributed by atoms with Gasteiger partial charge in [0.25, 0.3) is 0 Å². The van der Waals surface area contributed by atoms with E-state index in [1.807, 2.05) is 0 Å². The minimum absolute atomic E-state index is 0.0381. The summed E-state index contributed by atoms with van der Waals surface area (Å²) in [4.78, 5) is 23.2. The van der Waals surface area contributed by atoms with Crippen molar-refractivity contribution >= 4 is 24.5 Å². The zero-order valence-electron chi connectivity index (χ0n) is 14.1. The van der Waals surface area contributed by atoms with Crippen molar-refractivity contribution in [1.82, 2.24) is 5.32 Å². The van der Waals surface area contributed by atoms with Crippen LogP contribution in [0.3, 0.4) is 0 Å². The maximum absolute atomic E-state index is 12.3. The van der Waals surface area contributed by atoms with E-state index in [4.69, 9.17) is 4.74 Å². The van der Waals surface area contributed by atoms with Gasteiger partial charge in [0.1, 0.15) is 18.8 Å². The molecule has 6 nitrogen and oxygen atoms in total. The lowest BCUT2D eigenvalue weighted by Gasteiger charge is -2.22. The minimum atomic E-state index is -2.55. The molecule has 1 unspecified atom stereocenters. The van der Waals surface area contributed by atoms with Gasteiger partial charge in [0.05, 0.1) is 0 Å². The Morgan fingerprint density at radius 1 is 1.26 bits per heavy atom. The normalized spacial score (nSPS) is 13.3. The van der Waals surface area contributed by atoms with Crippen LogP contribution in [0.2, 0.25) is 0 Å². The number of carbonyl (C=O) groups excluding carboxylic acids is 1. The van der Waals surface area contributed by atoms with Crippen LogP contribution in [0, 0.1) is 0 Å². The van der Waals surface area contributed by atoms with Crippen molar-refractivity contribution in [3.63, 3.8) is 0 Å². The van der Waals surface area contributed by atoms with Crippen LogP contribution in [0.25, 0.3) is 0 Å². The molecule has 0 aliphatic heterocycles. The molecular weight excluding hydrogens is 317 g/mol. The van der Waals surface area contributed by atoms with Gasteiger partial charge in [0.2, 0.25) is 0 Å². The van der Waals surface area contributed by atoms with Crippen molar-refractivity contribution in [2.24, 2.45) is 0 Å². The Bertz CT molecular complexity index is 630. The van der Waals surface area contributed by atoms with Gasteiger partial charge in [-0.2, -0.15) is 0 Å². The van der Waals surface area contributed by atoms with Crippen molar-refractivity contribution in [2.75, 3.05) is 13.3 Å². The maximum atomic E-state index is 12.3. The summed E-state index contributed by atoms with van der Waals surface area (Å²) in [5, 5.41) is 12.3. The third kappa shape index (κ3) is 6.45. The zero-order valence-corrected chi connectivity index (χ0v) is 15.0. The van der Waals surface area contributed by atoms with Gasteiger partial charge in [-0.25, -0.2) is 9.59 Å². The fourth-order valence-corrected chi connectivity index (χ4v) is 3.38. The molecule has 0 aliphatic rings. The van der Waals surface area contributed by atoms with Crippen LogP contribution in [0.1, 0.15) is 26.3 Å². The summed E-state index contributed by atoms with van der Waals surface area (Å²) in [5.74, 6) is -1.17. The molecule has 1 amide bonds. The monoisotopic (exact) mass is 341 g/mol. The zero-order chi connectivity index (χ0) is 17.8. The Balaban J connectivity index is 2.96. The average Bonchev–Trinajstić information content (AvgIpc) is 2.34. The van der Waals surface area contributed by atoms with E-state index < -0.39 is 30.8 Å². The number of ether oxygens (including phenoxy) is 1. The first-order valence-electron chi connectivity index (χ1n) is 7.26. The molecule has 0 aromatic heterocycles. The number of aliphatic carboxylic acids is 1. The van der Waals surface area contributed by atoms with E-state index in [9.17, 15) is 19.3 Å². The van der Waals surface area contributed by atoms with Crippen LogP contribution in [0.5, 0.6) is 0 Å². The molecule has 1 aromatic rings. The molecule has 0 saturated carbocycles. The van der Waals surface area contributed by atoms with Gasteiger partial charge < -0.3 is 19.7 Å². The van der Waals surface area contributed by atoms with E-state index in [2.05, 4.69) is 5.32 Å². The lowest BCUT2D eigenvalue weighted by atomic mass is 10.1. The molecule has 0 aliphatic carbocycles. The van der Waals surface area contributed by atoms with Crippen LogP contribution in [0.4, 0.5) is 4.79 Å². The van der Waals surface area contributed by atoms with Crippen LogP contribution in [-0.4, -0.2) is 42.1 Å². The average molecular weight is 341 g/mol. The lowest BCUT2D eigenvalue weighted by Crippen LogP contribution is -2.45. The number of benzene rings is 1. The van der Waals surface area contributed by atoms with Gasteiger partial charge in [0.15, 0.2) is 0 Å². The first kappa shape index (κ1) is 19.2. The molecule has 0 bridgehead atoms. The predicted molar refractivity (Wildman–Crippen MR) is 90.0 cm³/mol. The number of carbonyl (C=O) groups is 2. The SMILES string of the molecule is CC(C)(C)OC(=O)NC(Cc1ccccc1P(C)(C)=O)C(=O)O. The largest absolute Gasteiger partial charge is 0.480 e. The molecule has 1 atom stereocenters. The smallest absolute Gasteiger partial charge is 0.408 e. The van der Waals surface area contributed by atoms with Crippen LogP contribution in [-0.2, 0) is 20.5 Å². The van der Waals surface area contributed by atoms with E-state index in [1.54, 1.807) is 58.4 Å². The van der Waals surface area contributed by atoms with E-state index in [1.165, 1.54) is 0 Å². The van der Waals surface area contributed by atoms with Crippen molar-refractivity contribution in [3.8, 4) is 0 Å². The summed E-state index contributed by atoms with van der Waals surface area (Å²) >= 11 is 0. The second-order valence-electron chi connectivity index (χ2n) is 6.72. The number of alkyl carbamates (subject to hydrolysis) is 1. The van der Waals surface area contributed by atoms with Crippen molar-refractivity contribution in [3.05, 3.63) is 29.8 Å². The highest BCUT2D eigenvalue weighted by Gasteiger charge is 2.26. The third-order valence-electron chi connectivity index (χ3n) is 2.98. The Labute approximate surface area is 136 Å². The molecule has 7 heteroatoms. The number of carboxylic acids is 1. The van der Waals surface area contributed by atoms with Gasteiger partial charge in [-0.15, -0.1) is 0 Å². The Hall–Kier alpha value is -1.81. The molecular formula is C16H24NO5P. The van der Waals surface area contributed by atoms with Crippen LogP contribution in [0.15, 0.2) is 24.3 Å². The molecule has 0 saturated heterocycles. The molecule has 23 heavy (non-hydrogen) atoms. The molecule has 128 valence electrons. The van der Waals surface area contributed by atoms with Gasteiger partial charge >= 0.3 is 12.1 Å². The molecule has 0 fully saturated rings. The first-order chi connectivity index (χ1) is 10.4. The van der Waals surface area contributed by atoms with Crippen molar-refractivity contribution in [1.29, 1.82) is 0 Å². The van der Waals surface area contributed by atoms with Gasteiger partial charge in [-0.3, -0.25) is 0 Å². The van der Waals surface area contributed by atoms with Crippen molar-refractivity contribution < 1.29 is 24.0 Å². The number of rotatable bonds is 5. The minimum Gasteiger partial charge on any atom is -0.480 e. The van der Waals surface area contributed by atoms with Crippen LogP contribution >= 0.6 is 7.14 Å². The third-order valence-corrected chi connectivity index (χ3v) is 4.58. The topological polar surface area (TPSA) is 92.7 Å². The number of hydrogen-bond acceptors (Lipinski definition) is 4. The van der Waals surface area contributed by atoms with E-state index in [-0.39, 0.29) is 6.42 Å². The predicted octanol–water partition coefficient (Wildman–Crippen LogP) is 2.46. The van der Waals surface area contributed by atoms with Gasteiger partial charge in [-0.1, -0.05) is 24.3 Å². The van der Waals surface area contributed by atoms with Crippen molar-refractivity contribution in [2.45, 2.75) is 38.8 Å². The number of carboxylic acid groups (broad SMARTS) is 1. The summed E-state index contributed by atoms with van der Waals surface area (Å²) < 4.78 is 17.4. The number of nitrogens with one attached hydrogen (secondary N) is 1. The molecule has 1 aromatic carbocycles. The summed E-state index contributed by atoms with van der Waals surface area (Å²) in [6, 6.07) is 5.80. The molecule has 0 heterocycles. The quantitative estimate of drug-likeness (QED) is 0.803. The second-order valence-corrected chi connectivity index (χ2v) is 9.90. The summed E-state index contributed by atoms with van der Waals surface area (Å²) in [5.41, 5.74) is -0.0718. The highest BCUT2D eigenvalue weighted by Crippen LogP contribution is 2.36. The number of hydrogen-bond donors (Lipinski definition) is 2. The Morgan fingerprint density at radius 3 is 2.30 bits per heavy atom. The Kier molecular flexibility index (Phi) is 6.00. The maximum Gasteiger partial charge on any atom is 0.408 e. The van der Waals surface area contributed by atoms with E-state index in [0.717, 1.165) is 0 Å². The van der Waals surface area contributed by atoms with Crippen LogP contribution < -0.4 is 10.6 Å². The highest BCUT2D eigenvalue weighted by atomic mass is 31.2. The molecule has 0 radical (unpaired) electrons. The highest BCUT2D eigenvalue weighted by molar-refractivity contribution is 7.70. The molecule has 2 N–H and O–H groups in total. The van der Waals surface area contributed by atoms with Gasteiger partial charge in [0, 0.05) is 11.7 Å². The molecule has 1 rings (SSSR count). The Morgan fingerprint density at radius 2 is 1.83 bits per heavy atom. The van der Waals surface area contributed by atoms with Gasteiger partial charge in [-0.05, 0) is 39.7 Å². The fourth-order valence-electron chi connectivity index (χ4n) is 2.08. The standard InChI is InChI=1S/C16H24NO5P/c1-16(2,3)22-15(20)17-12(14(18)19)10-11-8-6-7-9-13(11)23(4,5)21/h6-9,12H,10H2,1-5H3,(H,17,20)(H,18,19). The fraction of sp³-hybridized carbons (Fsp3) is 0.500. The second kappa shape index (κ2) is 7.18. The number of amides is 1. The summed E-state index contributed by atoms with van der Waals surface area (Å²) in [6.45, 7) is 8.35. The summed E-state index contributed by atoms with van der Waals surface area (Å²) in [7, 11) is -2.55. The van der Waals surface area contributed by atoms with E-state index >= 15 is 0 Å². The lowest BCUT2D eigenvalue weighted by molar-refractivity contribution is -0.139.